The molecule has 0 saturated carbocycles. The van der Waals surface area contributed by atoms with Crippen LogP contribution in [0.2, 0.25) is 0 Å². The van der Waals surface area contributed by atoms with E-state index in [0.717, 1.165) is 11.1 Å². The van der Waals surface area contributed by atoms with Gasteiger partial charge < -0.3 is 25.3 Å². The number of esters is 1. The molecule has 30 heavy (non-hydrogen) atoms. The summed E-state index contributed by atoms with van der Waals surface area (Å²) in [6, 6.07) is 15.8. The molecule has 2 aromatic rings. The Hall–Kier alpha value is -3.06. The molecule has 0 bridgehead atoms. The van der Waals surface area contributed by atoms with Crippen LogP contribution in [0.25, 0.3) is 0 Å². The SMILES string of the molecule is CC(C)(C)OC(=O)C(CCOc1ccc(CN)cc1)NC(=O)OCc1ccccc1. The van der Waals surface area contributed by atoms with E-state index in [0.29, 0.717) is 12.3 Å². The predicted octanol–water partition coefficient (Wildman–Crippen LogP) is 3.55. The minimum Gasteiger partial charge on any atom is -0.494 e. The minimum atomic E-state index is -0.893. The normalized spacial score (nSPS) is 12.0. The number of benzene rings is 2. The van der Waals surface area contributed by atoms with Crippen molar-refractivity contribution in [3.05, 3.63) is 65.7 Å². The summed E-state index contributed by atoms with van der Waals surface area (Å²) in [6.07, 6.45) is -0.462. The first-order valence-corrected chi connectivity index (χ1v) is 9.89. The van der Waals surface area contributed by atoms with E-state index >= 15 is 0 Å². The third-order valence-electron chi connectivity index (χ3n) is 4.03. The molecule has 2 rings (SSSR count). The maximum atomic E-state index is 12.5. The Balaban J connectivity index is 1.91. The van der Waals surface area contributed by atoms with Crippen molar-refractivity contribution in [2.75, 3.05) is 6.61 Å². The summed E-state index contributed by atoms with van der Waals surface area (Å²) in [5.74, 6) is 0.114. The van der Waals surface area contributed by atoms with E-state index in [9.17, 15) is 9.59 Å². The molecule has 0 fully saturated rings. The minimum absolute atomic E-state index is 0.109. The molecule has 0 aliphatic carbocycles. The van der Waals surface area contributed by atoms with Gasteiger partial charge in [-0.15, -0.1) is 0 Å². The number of nitrogens with one attached hydrogen (secondary N) is 1. The van der Waals surface area contributed by atoms with E-state index in [-0.39, 0.29) is 19.6 Å². The number of ether oxygens (including phenoxy) is 3. The molecule has 1 atom stereocenters. The van der Waals surface area contributed by atoms with Gasteiger partial charge in [0.1, 0.15) is 24.0 Å². The second kappa shape index (κ2) is 11.2. The highest BCUT2D eigenvalue weighted by molar-refractivity contribution is 5.81. The number of amides is 1. The van der Waals surface area contributed by atoms with Crippen molar-refractivity contribution in [3.63, 3.8) is 0 Å². The fourth-order valence-corrected chi connectivity index (χ4v) is 2.55. The zero-order valence-electron chi connectivity index (χ0n) is 17.7. The van der Waals surface area contributed by atoms with E-state index in [1.165, 1.54) is 0 Å². The van der Waals surface area contributed by atoms with Crippen LogP contribution in [0.4, 0.5) is 4.79 Å². The maximum Gasteiger partial charge on any atom is 0.408 e. The average Bonchev–Trinajstić information content (AvgIpc) is 2.71. The number of rotatable bonds is 9. The van der Waals surface area contributed by atoms with Gasteiger partial charge in [0.25, 0.3) is 0 Å². The van der Waals surface area contributed by atoms with Gasteiger partial charge in [-0.1, -0.05) is 42.5 Å². The molecule has 0 aromatic heterocycles. The molecule has 162 valence electrons. The molecule has 1 amide bonds. The van der Waals surface area contributed by atoms with Gasteiger partial charge >= 0.3 is 12.1 Å². The van der Waals surface area contributed by atoms with E-state index in [1.807, 2.05) is 54.6 Å². The van der Waals surface area contributed by atoms with Gasteiger partial charge in [0.05, 0.1) is 6.61 Å². The van der Waals surface area contributed by atoms with Gasteiger partial charge in [0.2, 0.25) is 0 Å². The first kappa shape index (κ1) is 23.2. The fourth-order valence-electron chi connectivity index (χ4n) is 2.55. The van der Waals surface area contributed by atoms with Crippen LogP contribution in [0.5, 0.6) is 5.75 Å². The standard InChI is InChI=1S/C23H30N2O5/c1-23(2,3)30-21(26)20(13-14-28-19-11-9-17(15-24)10-12-19)25-22(27)29-16-18-7-5-4-6-8-18/h4-12,20H,13-16,24H2,1-3H3,(H,25,27). The smallest absolute Gasteiger partial charge is 0.408 e. The highest BCUT2D eigenvalue weighted by Gasteiger charge is 2.27. The number of carbonyl (C=O) groups excluding carboxylic acids is 2. The van der Waals surface area contributed by atoms with Crippen LogP contribution in [0, 0.1) is 0 Å². The van der Waals surface area contributed by atoms with Crippen LogP contribution < -0.4 is 15.8 Å². The molecule has 0 heterocycles. The Kier molecular flexibility index (Phi) is 8.68. The van der Waals surface area contributed by atoms with E-state index in [4.69, 9.17) is 19.9 Å². The molecule has 7 heteroatoms. The van der Waals surface area contributed by atoms with Crippen LogP contribution in [0.15, 0.2) is 54.6 Å². The highest BCUT2D eigenvalue weighted by Crippen LogP contribution is 2.14. The second-order valence-corrected chi connectivity index (χ2v) is 7.78. The largest absolute Gasteiger partial charge is 0.494 e. The van der Waals surface area contributed by atoms with Crippen molar-refractivity contribution in [3.8, 4) is 5.75 Å². The van der Waals surface area contributed by atoms with Crippen LogP contribution >= 0.6 is 0 Å². The molecule has 7 nitrogen and oxygen atoms in total. The summed E-state index contributed by atoms with van der Waals surface area (Å²) < 4.78 is 16.3. The summed E-state index contributed by atoms with van der Waals surface area (Å²) in [5.41, 5.74) is 6.76. The van der Waals surface area contributed by atoms with E-state index in [2.05, 4.69) is 5.32 Å². The Morgan fingerprint density at radius 2 is 1.67 bits per heavy atom. The number of hydrogen-bond acceptors (Lipinski definition) is 6. The number of carbonyl (C=O) groups is 2. The lowest BCUT2D eigenvalue weighted by Gasteiger charge is -2.24. The Labute approximate surface area is 177 Å². The van der Waals surface area contributed by atoms with Crippen LogP contribution in [0.3, 0.4) is 0 Å². The Morgan fingerprint density at radius 1 is 1.00 bits per heavy atom. The Bertz CT molecular complexity index is 801. The first-order chi connectivity index (χ1) is 14.3. The van der Waals surface area contributed by atoms with Gasteiger partial charge in [-0.25, -0.2) is 9.59 Å². The fraction of sp³-hybridized carbons (Fsp3) is 0.391. The maximum absolute atomic E-state index is 12.5. The lowest BCUT2D eigenvalue weighted by atomic mass is 10.1. The monoisotopic (exact) mass is 414 g/mol. The molecular weight excluding hydrogens is 384 g/mol. The van der Waals surface area contributed by atoms with E-state index in [1.54, 1.807) is 20.8 Å². The molecule has 0 radical (unpaired) electrons. The lowest BCUT2D eigenvalue weighted by Crippen LogP contribution is -2.45. The molecule has 3 N–H and O–H groups in total. The number of alkyl carbamates (subject to hydrolysis) is 1. The average molecular weight is 415 g/mol. The van der Waals surface area contributed by atoms with E-state index < -0.39 is 23.7 Å². The highest BCUT2D eigenvalue weighted by atomic mass is 16.6. The van der Waals surface area contributed by atoms with Crippen molar-refractivity contribution in [2.24, 2.45) is 5.73 Å². The zero-order valence-corrected chi connectivity index (χ0v) is 17.7. The molecule has 0 saturated heterocycles. The van der Waals surface area contributed by atoms with Gasteiger partial charge in [-0.3, -0.25) is 0 Å². The molecule has 1 unspecified atom stereocenters. The third-order valence-corrected chi connectivity index (χ3v) is 4.03. The van der Waals surface area contributed by atoms with Crippen LogP contribution in [-0.2, 0) is 27.4 Å². The summed E-state index contributed by atoms with van der Waals surface area (Å²) in [5, 5.41) is 2.58. The van der Waals surface area contributed by atoms with Crippen molar-refractivity contribution >= 4 is 12.1 Å². The van der Waals surface area contributed by atoms with Crippen LogP contribution in [0.1, 0.15) is 38.3 Å². The summed E-state index contributed by atoms with van der Waals surface area (Å²) >= 11 is 0. The topological polar surface area (TPSA) is 99.9 Å². The predicted molar refractivity (Wildman–Crippen MR) is 114 cm³/mol. The van der Waals surface area contributed by atoms with Crippen molar-refractivity contribution in [1.29, 1.82) is 0 Å². The lowest BCUT2D eigenvalue weighted by molar-refractivity contribution is -0.157. The third kappa shape index (κ3) is 8.53. The van der Waals surface area contributed by atoms with Crippen molar-refractivity contribution < 1.29 is 23.8 Å². The van der Waals surface area contributed by atoms with Crippen molar-refractivity contribution in [2.45, 2.75) is 52.0 Å². The summed E-state index contributed by atoms with van der Waals surface area (Å²) in [4.78, 5) is 24.7. The zero-order chi connectivity index (χ0) is 22.0. The molecule has 0 aliphatic heterocycles. The molecule has 0 aliphatic rings. The molecule has 2 aromatic carbocycles. The number of hydrogen-bond donors (Lipinski definition) is 2. The summed E-state index contributed by atoms with van der Waals surface area (Å²) in [7, 11) is 0. The second-order valence-electron chi connectivity index (χ2n) is 7.78. The van der Waals surface area contributed by atoms with Gasteiger partial charge in [-0.05, 0) is 44.0 Å². The summed E-state index contributed by atoms with van der Waals surface area (Å²) in [6.45, 7) is 6.08. The van der Waals surface area contributed by atoms with Crippen molar-refractivity contribution in [1.82, 2.24) is 5.32 Å². The van der Waals surface area contributed by atoms with Gasteiger partial charge in [0.15, 0.2) is 0 Å². The van der Waals surface area contributed by atoms with Gasteiger partial charge in [-0.2, -0.15) is 0 Å². The molecular formula is C23H30N2O5. The van der Waals surface area contributed by atoms with Crippen LogP contribution in [-0.4, -0.2) is 30.3 Å². The quantitative estimate of drug-likeness (QED) is 0.609. The molecule has 0 spiro atoms. The first-order valence-electron chi connectivity index (χ1n) is 9.89. The Morgan fingerprint density at radius 3 is 2.27 bits per heavy atom. The van der Waals surface area contributed by atoms with Gasteiger partial charge in [0, 0.05) is 13.0 Å². The number of nitrogens with two attached hydrogens (primary N) is 1.